The van der Waals surface area contributed by atoms with Gasteiger partial charge in [0.1, 0.15) is 18.7 Å². The number of aromatic nitrogens is 4. The predicted molar refractivity (Wildman–Crippen MR) is 86.3 cm³/mol. The Morgan fingerprint density at radius 2 is 2.08 bits per heavy atom. The standard InChI is InChI=1S/C16H13ClN4O3/c1-23-15-7-6-12(17)8-11(15)9-24-16(22)13-4-2-3-5-14(13)21-10-18-19-20-21/h2-8,10H,9H2,1H3. The van der Waals surface area contributed by atoms with Gasteiger partial charge in [-0.05, 0) is 40.8 Å². The lowest BCUT2D eigenvalue weighted by molar-refractivity contribution is 0.0470. The number of tetrazole rings is 1. The molecular formula is C16H13ClN4O3. The van der Waals surface area contributed by atoms with Crippen LogP contribution in [0.2, 0.25) is 5.02 Å². The fourth-order valence-electron chi connectivity index (χ4n) is 2.20. The molecule has 0 amide bonds. The molecule has 3 rings (SSSR count). The molecule has 0 saturated heterocycles. The van der Waals surface area contributed by atoms with Gasteiger partial charge in [0.2, 0.25) is 0 Å². The zero-order valence-corrected chi connectivity index (χ0v) is 13.5. The maximum absolute atomic E-state index is 12.4. The Morgan fingerprint density at radius 1 is 1.25 bits per heavy atom. The summed E-state index contributed by atoms with van der Waals surface area (Å²) in [5, 5.41) is 11.5. The van der Waals surface area contributed by atoms with Crippen LogP contribution in [0.3, 0.4) is 0 Å². The highest BCUT2D eigenvalue weighted by molar-refractivity contribution is 6.30. The Kier molecular flexibility index (Phi) is 4.72. The first-order chi connectivity index (χ1) is 11.7. The van der Waals surface area contributed by atoms with E-state index in [0.29, 0.717) is 27.6 Å². The van der Waals surface area contributed by atoms with Crippen molar-refractivity contribution in [2.45, 2.75) is 6.61 Å². The van der Waals surface area contributed by atoms with Crippen LogP contribution >= 0.6 is 11.6 Å². The van der Waals surface area contributed by atoms with Gasteiger partial charge in [-0.1, -0.05) is 23.7 Å². The average Bonchev–Trinajstić information content (AvgIpc) is 3.14. The minimum Gasteiger partial charge on any atom is -0.496 e. The van der Waals surface area contributed by atoms with E-state index >= 15 is 0 Å². The van der Waals surface area contributed by atoms with Crippen molar-refractivity contribution < 1.29 is 14.3 Å². The molecule has 0 bridgehead atoms. The van der Waals surface area contributed by atoms with Crippen LogP contribution in [0.15, 0.2) is 48.8 Å². The molecule has 0 aliphatic heterocycles. The van der Waals surface area contributed by atoms with Crippen LogP contribution in [0.25, 0.3) is 5.69 Å². The second-order valence-corrected chi connectivity index (χ2v) is 5.24. The highest BCUT2D eigenvalue weighted by Crippen LogP contribution is 2.24. The van der Waals surface area contributed by atoms with Crippen molar-refractivity contribution in [2.24, 2.45) is 0 Å². The second kappa shape index (κ2) is 7.10. The molecule has 2 aromatic carbocycles. The van der Waals surface area contributed by atoms with E-state index in [1.165, 1.54) is 11.0 Å². The van der Waals surface area contributed by atoms with E-state index in [1.54, 1.807) is 49.6 Å². The Bertz CT molecular complexity index is 852. The Balaban J connectivity index is 1.81. The Hall–Kier alpha value is -2.93. The predicted octanol–water partition coefficient (Wildman–Crippen LogP) is 2.68. The minimum absolute atomic E-state index is 0.0342. The summed E-state index contributed by atoms with van der Waals surface area (Å²) in [6.45, 7) is 0.0342. The molecule has 7 nitrogen and oxygen atoms in total. The summed E-state index contributed by atoms with van der Waals surface area (Å²) in [4.78, 5) is 12.4. The van der Waals surface area contributed by atoms with Gasteiger partial charge in [-0.15, -0.1) is 5.10 Å². The van der Waals surface area contributed by atoms with Crippen molar-refractivity contribution in [3.63, 3.8) is 0 Å². The molecule has 1 aromatic heterocycles. The van der Waals surface area contributed by atoms with Crippen molar-refractivity contribution >= 4 is 17.6 Å². The topological polar surface area (TPSA) is 79.1 Å². The molecule has 0 unspecified atom stereocenters. The third-order valence-corrected chi connectivity index (χ3v) is 3.56. The summed E-state index contributed by atoms with van der Waals surface area (Å²) in [6.07, 6.45) is 1.41. The first-order valence-electron chi connectivity index (χ1n) is 7.01. The van der Waals surface area contributed by atoms with Crippen LogP contribution in [0.5, 0.6) is 5.75 Å². The Labute approximate surface area is 142 Å². The lowest BCUT2D eigenvalue weighted by atomic mass is 10.2. The SMILES string of the molecule is COc1ccc(Cl)cc1COC(=O)c1ccccc1-n1cnnn1. The van der Waals surface area contributed by atoms with Crippen LogP contribution in [-0.4, -0.2) is 33.3 Å². The third-order valence-electron chi connectivity index (χ3n) is 3.32. The van der Waals surface area contributed by atoms with Gasteiger partial charge in [-0.2, -0.15) is 4.68 Å². The lowest BCUT2D eigenvalue weighted by Gasteiger charge is -2.11. The van der Waals surface area contributed by atoms with E-state index in [4.69, 9.17) is 21.1 Å². The van der Waals surface area contributed by atoms with Crippen molar-refractivity contribution in [3.05, 3.63) is 64.9 Å². The first kappa shape index (κ1) is 15.9. The largest absolute Gasteiger partial charge is 0.496 e. The second-order valence-electron chi connectivity index (χ2n) is 4.80. The molecule has 0 N–H and O–H groups in total. The van der Waals surface area contributed by atoms with Gasteiger partial charge in [0, 0.05) is 10.6 Å². The number of rotatable bonds is 5. The highest BCUT2D eigenvalue weighted by Gasteiger charge is 2.15. The molecule has 24 heavy (non-hydrogen) atoms. The number of methoxy groups -OCH3 is 1. The molecule has 0 spiro atoms. The monoisotopic (exact) mass is 344 g/mol. The van der Waals surface area contributed by atoms with Crippen LogP contribution in [0, 0.1) is 0 Å². The molecular weight excluding hydrogens is 332 g/mol. The molecule has 0 radical (unpaired) electrons. The van der Waals surface area contributed by atoms with Crippen molar-refractivity contribution in [2.75, 3.05) is 7.11 Å². The van der Waals surface area contributed by atoms with Crippen LogP contribution in [-0.2, 0) is 11.3 Å². The molecule has 0 saturated carbocycles. The molecule has 122 valence electrons. The molecule has 3 aromatic rings. The van der Waals surface area contributed by atoms with Gasteiger partial charge < -0.3 is 9.47 Å². The zero-order valence-electron chi connectivity index (χ0n) is 12.7. The van der Waals surface area contributed by atoms with Gasteiger partial charge in [-0.3, -0.25) is 0 Å². The van der Waals surface area contributed by atoms with Gasteiger partial charge in [0.25, 0.3) is 0 Å². The Morgan fingerprint density at radius 3 is 2.83 bits per heavy atom. The van der Waals surface area contributed by atoms with Gasteiger partial charge in [0.15, 0.2) is 0 Å². The number of ether oxygens (including phenoxy) is 2. The van der Waals surface area contributed by atoms with Crippen molar-refractivity contribution in [1.29, 1.82) is 0 Å². The molecule has 0 aliphatic rings. The molecule has 8 heteroatoms. The first-order valence-corrected chi connectivity index (χ1v) is 7.39. The summed E-state index contributed by atoms with van der Waals surface area (Å²) in [5.74, 6) is 0.101. The van der Waals surface area contributed by atoms with E-state index in [0.717, 1.165) is 0 Å². The highest BCUT2D eigenvalue weighted by atomic mass is 35.5. The third kappa shape index (κ3) is 3.36. The molecule has 0 fully saturated rings. The molecule has 0 atom stereocenters. The number of para-hydroxylation sites is 1. The fraction of sp³-hybridized carbons (Fsp3) is 0.125. The number of hydrogen-bond acceptors (Lipinski definition) is 6. The van der Waals surface area contributed by atoms with Crippen molar-refractivity contribution in [3.8, 4) is 11.4 Å². The zero-order chi connectivity index (χ0) is 16.9. The van der Waals surface area contributed by atoms with Crippen LogP contribution in [0.1, 0.15) is 15.9 Å². The number of benzene rings is 2. The average molecular weight is 345 g/mol. The summed E-state index contributed by atoms with van der Waals surface area (Å²) < 4.78 is 12.0. The minimum atomic E-state index is -0.497. The fourth-order valence-corrected chi connectivity index (χ4v) is 2.39. The van der Waals surface area contributed by atoms with Crippen LogP contribution < -0.4 is 4.74 Å². The lowest BCUT2D eigenvalue weighted by Crippen LogP contribution is -2.10. The van der Waals surface area contributed by atoms with Crippen molar-refractivity contribution in [1.82, 2.24) is 20.2 Å². The van der Waals surface area contributed by atoms with E-state index in [1.807, 2.05) is 0 Å². The van der Waals surface area contributed by atoms with Gasteiger partial charge in [-0.25, -0.2) is 4.79 Å². The van der Waals surface area contributed by atoms with Crippen LogP contribution in [0.4, 0.5) is 0 Å². The molecule has 1 heterocycles. The van der Waals surface area contributed by atoms with Gasteiger partial charge >= 0.3 is 5.97 Å². The smallest absolute Gasteiger partial charge is 0.340 e. The number of halogens is 1. The summed E-state index contributed by atoms with van der Waals surface area (Å²) >= 11 is 5.98. The van der Waals surface area contributed by atoms with E-state index in [2.05, 4.69) is 15.5 Å². The number of esters is 1. The maximum atomic E-state index is 12.4. The molecule has 0 aliphatic carbocycles. The number of carbonyl (C=O) groups is 1. The normalized spacial score (nSPS) is 10.4. The number of nitrogens with zero attached hydrogens (tertiary/aromatic N) is 4. The van der Waals surface area contributed by atoms with E-state index < -0.39 is 5.97 Å². The number of carbonyl (C=O) groups excluding carboxylic acids is 1. The summed E-state index contributed by atoms with van der Waals surface area (Å²) in [5.41, 5.74) is 1.56. The van der Waals surface area contributed by atoms with Gasteiger partial charge in [0.05, 0.1) is 18.4 Å². The summed E-state index contributed by atoms with van der Waals surface area (Å²) in [7, 11) is 1.54. The maximum Gasteiger partial charge on any atom is 0.340 e. The van der Waals surface area contributed by atoms with E-state index in [-0.39, 0.29) is 6.61 Å². The number of hydrogen-bond donors (Lipinski definition) is 0. The quantitative estimate of drug-likeness (QED) is 0.662. The summed E-state index contributed by atoms with van der Waals surface area (Å²) in [6, 6.07) is 12.0. The van der Waals surface area contributed by atoms with E-state index in [9.17, 15) is 4.79 Å².